The summed E-state index contributed by atoms with van der Waals surface area (Å²) in [6, 6.07) is 12.4. The molecule has 0 N–H and O–H groups in total. The van der Waals surface area contributed by atoms with Crippen molar-refractivity contribution in [3.63, 3.8) is 0 Å². The van der Waals surface area contributed by atoms with E-state index >= 15 is 0 Å². The molecule has 2 unspecified atom stereocenters. The van der Waals surface area contributed by atoms with Crippen molar-refractivity contribution in [1.82, 2.24) is 19.2 Å². The number of morpholine rings is 1. The van der Waals surface area contributed by atoms with Crippen LogP contribution in [0.4, 0.5) is 5.69 Å². The first kappa shape index (κ1) is 18.6. The molecule has 0 radical (unpaired) electrons. The molecule has 3 aromatic heterocycles. The Morgan fingerprint density at radius 3 is 3.03 bits per heavy atom. The van der Waals surface area contributed by atoms with Gasteiger partial charge in [-0.3, -0.25) is 4.79 Å². The number of aryl methyl sites for hydroxylation is 2. The van der Waals surface area contributed by atoms with Crippen LogP contribution < -0.4 is 10.5 Å². The molecule has 1 aromatic carbocycles. The zero-order valence-electron chi connectivity index (χ0n) is 17.4. The maximum Gasteiger partial charge on any atom is 0.276 e. The molecule has 1 saturated carbocycles. The number of aromatic nitrogens is 4. The third kappa shape index (κ3) is 3.20. The Labute approximate surface area is 179 Å². The number of anilines is 1. The van der Waals surface area contributed by atoms with E-state index in [1.807, 2.05) is 53.3 Å². The summed E-state index contributed by atoms with van der Waals surface area (Å²) >= 11 is 0. The number of rotatable bonds is 4. The molecule has 2 atom stereocenters. The lowest BCUT2D eigenvalue weighted by atomic mass is 10.1. The van der Waals surface area contributed by atoms with Gasteiger partial charge in [0.1, 0.15) is 5.65 Å². The van der Waals surface area contributed by atoms with E-state index in [0.717, 1.165) is 47.2 Å². The van der Waals surface area contributed by atoms with Crippen molar-refractivity contribution >= 4 is 22.1 Å². The van der Waals surface area contributed by atoms with Crippen molar-refractivity contribution in [2.75, 3.05) is 18.1 Å². The summed E-state index contributed by atoms with van der Waals surface area (Å²) in [6.45, 7) is 2.04. The summed E-state index contributed by atoms with van der Waals surface area (Å²) < 4.78 is 9.57. The van der Waals surface area contributed by atoms with Crippen LogP contribution in [0.15, 0.2) is 59.8 Å². The summed E-state index contributed by atoms with van der Waals surface area (Å²) in [5.74, 6) is 0. The first-order chi connectivity index (χ1) is 15.3. The molecule has 7 nitrogen and oxygen atoms in total. The molecular weight excluding hydrogens is 390 g/mol. The van der Waals surface area contributed by atoms with E-state index in [9.17, 15) is 4.79 Å². The van der Waals surface area contributed by atoms with Gasteiger partial charge in [0.25, 0.3) is 5.56 Å². The Hall–Kier alpha value is -3.19. The van der Waals surface area contributed by atoms with Crippen LogP contribution in [0.2, 0.25) is 0 Å². The van der Waals surface area contributed by atoms with E-state index in [2.05, 4.69) is 21.0 Å². The van der Waals surface area contributed by atoms with Crippen molar-refractivity contribution < 1.29 is 4.74 Å². The number of fused-ring (bicyclic) bond motifs is 3. The van der Waals surface area contributed by atoms with Gasteiger partial charge in [-0.15, -0.1) is 0 Å². The van der Waals surface area contributed by atoms with Gasteiger partial charge in [-0.05, 0) is 37.5 Å². The van der Waals surface area contributed by atoms with Gasteiger partial charge < -0.3 is 14.0 Å². The SMILES string of the molecule is O=c1c2c(N3CCOC4CCCC43)cccc2cnn1CCc1cn2ccccc2n1. The Morgan fingerprint density at radius 2 is 2.10 bits per heavy atom. The van der Waals surface area contributed by atoms with Crippen LogP contribution in [0.25, 0.3) is 16.4 Å². The Kier molecular flexibility index (Phi) is 4.49. The van der Waals surface area contributed by atoms with Crippen molar-refractivity contribution in [2.24, 2.45) is 0 Å². The van der Waals surface area contributed by atoms with Crippen molar-refractivity contribution in [2.45, 2.75) is 44.4 Å². The number of pyridine rings is 1. The molecule has 6 rings (SSSR count). The molecule has 158 valence electrons. The average molecular weight is 415 g/mol. The highest BCUT2D eigenvalue weighted by molar-refractivity contribution is 5.93. The third-order valence-electron chi connectivity index (χ3n) is 6.64. The molecule has 7 heteroatoms. The van der Waals surface area contributed by atoms with Crippen LogP contribution in [0, 0.1) is 0 Å². The predicted octanol–water partition coefficient (Wildman–Crippen LogP) is 3.04. The molecule has 4 aromatic rings. The summed E-state index contributed by atoms with van der Waals surface area (Å²) in [7, 11) is 0. The van der Waals surface area contributed by atoms with Crippen molar-refractivity contribution in [3.05, 3.63) is 71.0 Å². The molecule has 1 saturated heterocycles. The third-order valence-corrected chi connectivity index (χ3v) is 6.64. The number of benzene rings is 1. The second-order valence-corrected chi connectivity index (χ2v) is 8.46. The number of nitrogens with zero attached hydrogens (tertiary/aromatic N) is 5. The van der Waals surface area contributed by atoms with E-state index in [4.69, 9.17) is 4.74 Å². The molecule has 1 aliphatic heterocycles. The number of imidazole rings is 1. The number of hydrogen-bond acceptors (Lipinski definition) is 5. The van der Waals surface area contributed by atoms with E-state index in [1.54, 1.807) is 4.68 Å². The number of hydrogen-bond donors (Lipinski definition) is 0. The fraction of sp³-hybridized carbons (Fsp3) is 0.375. The summed E-state index contributed by atoms with van der Waals surface area (Å²) in [6.07, 6.45) is 10.2. The smallest absolute Gasteiger partial charge is 0.276 e. The van der Waals surface area contributed by atoms with Crippen LogP contribution in [0.1, 0.15) is 25.0 Å². The van der Waals surface area contributed by atoms with Gasteiger partial charge in [0, 0.05) is 30.7 Å². The summed E-state index contributed by atoms with van der Waals surface area (Å²) in [5, 5.41) is 6.11. The molecule has 0 bridgehead atoms. The fourth-order valence-electron chi connectivity index (χ4n) is 5.16. The molecular formula is C24H25N5O2. The number of ether oxygens (including phenoxy) is 1. The van der Waals surface area contributed by atoms with Gasteiger partial charge in [-0.2, -0.15) is 5.10 Å². The monoisotopic (exact) mass is 415 g/mol. The highest BCUT2D eigenvalue weighted by Crippen LogP contribution is 2.35. The van der Waals surface area contributed by atoms with Gasteiger partial charge in [-0.1, -0.05) is 18.2 Å². The van der Waals surface area contributed by atoms with Crippen LogP contribution in [-0.2, 0) is 17.7 Å². The van der Waals surface area contributed by atoms with Gasteiger partial charge in [0.2, 0.25) is 0 Å². The minimum Gasteiger partial charge on any atom is -0.374 e. The lowest BCUT2D eigenvalue weighted by Crippen LogP contribution is -2.49. The highest BCUT2D eigenvalue weighted by atomic mass is 16.5. The van der Waals surface area contributed by atoms with E-state index < -0.39 is 0 Å². The van der Waals surface area contributed by atoms with Gasteiger partial charge in [-0.25, -0.2) is 9.67 Å². The van der Waals surface area contributed by atoms with Gasteiger partial charge in [0.05, 0.1) is 48.3 Å². The van der Waals surface area contributed by atoms with Crippen LogP contribution in [0.5, 0.6) is 0 Å². The highest BCUT2D eigenvalue weighted by Gasteiger charge is 2.37. The van der Waals surface area contributed by atoms with Crippen LogP contribution in [0.3, 0.4) is 0 Å². The molecule has 2 aliphatic rings. The minimum atomic E-state index is -0.0297. The standard InChI is InChI=1S/C24H25N5O2/c30-24-23-17(5-3-7-20(23)28-13-14-31-21-8-4-6-19(21)28)15-25-29(24)12-10-18-16-27-11-2-1-9-22(27)26-18/h1-3,5,7,9,11,15-16,19,21H,4,6,8,10,12-14H2. The topological polar surface area (TPSA) is 64.7 Å². The zero-order chi connectivity index (χ0) is 20.8. The molecule has 31 heavy (non-hydrogen) atoms. The second-order valence-electron chi connectivity index (χ2n) is 8.46. The largest absolute Gasteiger partial charge is 0.374 e. The van der Waals surface area contributed by atoms with Gasteiger partial charge in [0.15, 0.2) is 0 Å². The minimum absolute atomic E-state index is 0.0297. The maximum absolute atomic E-state index is 13.5. The molecule has 0 spiro atoms. The molecule has 2 fully saturated rings. The Bertz CT molecular complexity index is 1280. The Balaban J connectivity index is 1.35. The maximum atomic E-state index is 13.5. The van der Waals surface area contributed by atoms with E-state index in [1.165, 1.54) is 6.42 Å². The Morgan fingerprint density at radius 1 is 1.13 bits per heavy atom. The van der Waals surface area contributed by atoms with Crippen molar-refractivity contribution in [3.8, 4) is 0 Å². The quantitative estimate of drug-likeness (QED) is 0.513. The van der Waals surface area contributed by atoms with Crippen LogP contribution >= 0.6 is 0 Å². The second kappa shape index (κ2) is 7.50. The fourth-order valence-corrected chi connectivity index (χ4v) is 5.16. The lowest BCUT2D eigenvalue weighted by molar-refractivity contribution is 0.0257. The van der Waals surface area contributed by atoms with E-state index in [0.29, 0.717) is 25.6 Å². The average Bonchev–Trinajstić information content (AvgIpc) is 3.44. The molecule has 0 amide bonds. The lowest BCUT2D eigenvalue weighted by Gasteiger charge is -2.39. The first-order valence-electron chi connectivity index (χ1n) is 11.1. The zero-order valence-corrected chi connectivity index (χ0v) is 17.4. The molecule has 1 aliphatic carbocycles. The van der Waals surface area contributed by atoms with Gasteiger partial charge >= 0.3 is 0 Å². The van der Waals surface area contributed by atoms with Crippen LogP contribution in [-0.4, -0.2) is 44.5 Å². The van der Waals surface area contributed by atoms with Crippen molar-refractivity contribution in [1.29, 1.82) is 0 Å². The first-order valence-corrected chi connectivity index (χ1v) is 11.1. The summed E-state index contributed by atoms with van der Waals surface area (Å²) in [5.41, 5.74) is 2.86. The van der Waals surface area contributed by atoms with E-state index in [-0.39, 0.29) is 11.7 Å². The predicted molar refractivity (Wildman–Crippen MR) is 120 cm³/mol. The summed E-state index contributed by atoms with van der Waals surface area (Å²) in [4.78, 5) is 20.5. The normalized spacial score (nSPS) is 21.1. The molecule has 4 heterocycles.